The SMILES string of the molecule is COc1ccc(NN=CC=N)c(C(=O)N2CC(F)(F)CC(C)C2CNc2ccc(C(F)(F)F)cn2)n1. The molecule has 0 radical (unpaired) electrons. The second-order valence-electron chi connectivity index (χ2n) is 8.15. The third-order valence-electron chi connectivity index (χ3n) is 5.54. The smallest absolute Gasteiger partial charge is 0.417 e. The summed E-state index contributed by atoms with van der Waals surface area (Å²) in [6, 6.07) is 4.10. The van der Waals surface area contributed by atoms with Gasteiger partial charge in [0.25, 0.3) is 11.8 Å². The number of aromatic nitrogens is 2. The van der Waals surface area contributed by atoms with E-state index in [1.54, 1.807) is 6.92 Å². The number of hydrogen-bond acceptors (Lipinski definition) is 8. The first-order valence-electron chi connectivity index (χ1n) is 10.7. The minimum atomic E-state index is -4.55. The first-order valence-corrected chi connectivity index (χ1v) is 10.7. The molecule has 0 spiro atoms. The molecule has 3 heterocycles. The van der Waals surface area contributed by atoms with Crippen LogP contribution in [0.5, 0.6) is 5.88 Å². The van der Waals surface area contributed by atoms with Gasteiger partial charge in [-0.3, -0.25) is 10.2 Å². The molecule has 1 aliphatic rings. The number of hydrazone groups is 1. The molecular formula is C22H24F5N7O2. The summed E-state index contributed by atoms with van der Waals surface area (Å²) >= 11 is 0. The number of likely N-dealkylation sites (tertiary alicyclic amines) is 1. The third kappa shape index (κ3) is 6.43. The molecule has 0 aliphatic carbocycles. The topological polar surface area (TPSA) is 116 Å². The van der Waals surface area contributed by atoms with Gasteiger partial charge in [-0.2, -0.15) is 18.3 Å². The maximum absolute atomic E-state index is 14.5. The summed E-state index contributed by atoms with van der Waals surface area (Å²) in [6.07, 6.45) is -2.36. The highest BCUT2D eigenvalue weighted by Crippen LogP contribution is 2.36. The van der Waals surface area contributed by atoms with Crippen molar-refractivity contribution in [1.29, 1.82) is 5.41 Å². The highest BCUT2D eigenvalue weighted by Gasteiger charge is 2.46. The summed E-state index contributed by atoms with van der Waals surface area (Å²) in [4.78, 5) is 22.3. The normalized spacial score (nSPS) is 19.7. The average molecular weight is 513 g/mol. The summed E-state index contributed by atoms with van der Waals surface area (Å²) in [7, 11) is 1.33. The van der Waals surface area contributed by atoms with E-state index in [-0.39, 0.29) is 29.6 Å². The number of rotatable bonds is 8. The minimum absolute atomic E-state index is 0.0416. The number of amides is 1. The Kier molecular flexibility index (Phi) is 8.05. The standard InChI is InChI=1S/C22H24F5N7O2/c1-13-9-21(23,24)12-34(16(13)11-30-17-5-3-14(10-29-17)22(25,26)27)20(35)19-15(33-31-8-7-28)4-6-18(32-19)36-2/h3-8,10,13,16,28,33H,9,11-12H2,1-2H3,(H,29,30). The van der Waals surface area contributed by atoms with Crippen LogP contribution in [-0.4, -0.2) is 65.4 Å². The van der Waals surface area contributed by atoms with Crippen LogP contribution in [0.25, 0.3) is 0 Å². The van der Waals surface area contributed by atoms with Crippen molar-refractivity contribution >= 4 is 29.8 Å². The van der Waals surface area contributed by atoms with Crippen LogP contribution in [0.15, 0.2) is 35.6 Å². The molecule has 1 aliphatic heterocycles. The van der Waals surface area contributed by atoms with Gasteiger partial charge in [-0.15, -0.1) is 0 Å². The fraction of sp³-hybridized carbons (Fsp3) is 0.409. The van der Waals surface area contributed by atoms with E-state index >= 15 is 0 Å². The second-order valence-corrected chi connectivity index (χ2v) is 8.15. The second kappa shape index (κ2) is 10.8. The zero-order valence-electron chi connectivity index (χ0n) is 19.3. The van der Waals surface area contributed by atoms with Crippen LogP contribution >= 0.6 is 0 Å². The summed E-state index contributed by atoms with van der Waals surface area (Å²) in [6.45, 7) is 0.636. The Labute approximate surface area is 203 Å². The maximum atomic E-state index is 14.5. The van der Waals surface area contributed by atoms with Crippen LogP contribution in [0, 0.1) is 11.3 Å². The van der Waals surface area contributed by atoms with E-state index in [0.717, 1.165) is 29.5 Å². The van der Waals surface area contributed by atoms with E-state index in [2.05, 4.69) is 25.8 Å². The zero-order chi connectivity index (χ0) is 26.5. The van der Waals surface area contributed by atoms with Crippen molar-refractivity contribution in [3.8, 4) is 5.88 Å². The molecule has 3 rings (SSSR count). The lowest BCUT2D eigenvalue weighted by Crippen LogP contribution is -2.57. The lowest BCUT2D eigenvalue weighted by Gasteiger charge is -2.43. The van der Waals surface area contributed by atoms with Crippen molar-refractivity contribution in [3.05, 3.63) is 41.7 Å². The van der Waals surface area contributed by atoms with Gasteiger partial charge in [0.2, 0.25) is 5.88 Å². The lowest BCUT2D eigenvalue weighted by molar-refractivity contribution is -0.137. The molecule has 2 atom stereocenters. The van der Waals surface area contributed by atoms with Gasteiger partial charge < -0.3 is 20.4 Å². The molecule has 1 fully saturated rings. The van der Waals surface area contributed by atoms with E-state index in [1.807, 2.05) is 0 Å². The Morgan fingerprint density at radius 1 is 1.33 bits per heavy atom. The molecule has 1 saturated heterocycles. The number of carbonyl (C=O) groups excluding carboxylic acids is 1. The van der Waals surface area contributed by atoms with Crippen LogP contribution in [0.2, 0.25) is 0 Å². The van der Waals surface area contributed by atoms with Crippen molar-refractivity contribution in [2.45, 2.75) is 31.5 Å². The molecule has 2 unspecified atom stereocenters. The predicted octanol–water partition coefficient (Wildman–Crippen LogP) is 4.15. The van der Waals surface area contributed by atoms with Crippen molar-refractivity contribution in [2.24, 2.45) is 11.0 Å². The third-order valence-corrected chi connectivity index (χ3v) is 5.54. The molecule has 2 aromatic rings. The number of methoxy groups -OCH3 is 1. The van der Waals surface area contributed by atoms with Gasteiger partial charge in [0.15, 0.2) is 5.69 Å². The number of hydrogen-bond donors (Lipinski definition) is 3. The fourth-order valence-corrected chi connectivity index (χ4v) is 3.84. The highest BCUT2D eigenvalue weighted by atomic mass is 19.4. The van der Waals surface area contributed by atoms with E-state index in [1.165, 1.54) is 19.2 Å². The van der Waals surface area contributed by atoms with Gasteiger partial charge in [0.1, 0.15) is 5.82 Å². The van der Waals surface area contributed by atoms with Gasteiger partial charge in [-0.05, 0) is 24.1 Å². The Bertz CT molecular complexity index is 1110. The lowest BCUT2D eigenvalue weighted by atomic mass is 9.88. The number of pyridine rings is 2. The van der Waals surface area contributed by atoms with Crippen molar-refractivity contribution < 1.29 is 31.5 Å². The Hall–Kier alpha value is -3.84. The zero-order valence-corrected chi connectivity index (χ0v) is 19.3. The van der Waals surface area contributed by atoms with Crippen LogP contribution in [0.4, 0.5) is 33.5 Å². The van der Waals surface area contributed by atoms with Crippen molar-refractivity contribution in [2.75, 3.05) is 30.9 Å². The summed E-state index contributed by atoms with van der Waals surface area (Å²) < 4.78 is 72.5. The largest absolute Gasteiger partial charge is 0.481 e. The number of halogens is 5. The van der Waals surface area contributed by atoms with Gasteiger partial charge in [-0.1, -0.05) is 6.92 Å². The summed E-state index contributed by atoms with van der Waals surface area (Å²) in [5.41, 5.74) is 1.51. The fourth-order valence-electron chi connectivity index (χ4n) is 3.84. The quantitative estimate of drug-likeness (QED) is 0.278. The molecule has 1 amide bonds. The molecule has 14 heteroatoms. The number of piperidine rings is 1. The number of alkyl halides is 5. The molecule has 3 N–H and O–H groups in total. The molecule has 194 valence electrons. The monoisotopic (exact) mass is 513 g/mol. The number of nitrogens with one attached hydrogen (secondary N) is 3. The maximum Gasteiger partial charge on any atom is 0.417 e. The molecule has 0 aromatic carbocycles. The average Bonchev–Trinajstić information content (AvgIpc) is 2.82. The van der Waals surface area contributed by atoms with E-state index in [0.29, 0.717) is 6.20 Å². The molecule has 9 nitrogen and oxygen atoms in total. The van der Waals surface area contributed by atoms with Gasteiger partial charge in [0, 0.05) is 31.4 Å². The van der Waals surface area contributed by atoms with Crippen molar-refractivity contribution in [3.63, 3.8) is 0 Å². The molecule has 0 saturated carbocycles. The molecular weight excluding hydrogens is 489 g/mol. The molecule has 36 heavy (non-hydrogen) atoms. The van der Waals surface area contributed by atoms with E-state index in [9.17, 15) is 26.7 Å². The van der Waals surface area contributed by atoms with Gasteiger partial charge in [-0.25, -0.2) is 18.7 Å². The first-order chi connectivity index (χ1) is 16.9. The van der Waals surface area contributed by atoms with Crippen molar-refractivity contribution in [1.82, 2.24) is 14.9 Å². The van der Waals surface area contributed by atoms with E-state index < -0.39 is 48.5 Å². The number of anilines is 2. The summed E-state index contributed by atoms with van der Waals surface area (Å²) in [5.74, 6) is -4.48. The van der Waals surface area contributed by atoms with Crippen LogP contribution < -0.4 is 15.5 Å². The Morgan fingerprint density at radius 2 is 2.08 bits per heavy atom. The molecule has 2 aromatic heterocycles. The molecule has 0 bridgehead atoms. The Balaban J connectivity index is 1.88. The predicted molar refractivity (Wildman–Crippen MR) is 123 cm³/mol. The minimum Gasteiger partial charge on any atom is -0.481 e. The van der Waals surface area contributed by atoms with E-state index in [4.69, 9.17) is 10.1 Å². The number of carbonyl (C=O) groups is 1. The van der Waals surface area contributed by atoms with Gasteiger partial charge in [0.05, 0.1) is 37.2 Å². The Morgan fingerprint density at radius 3 is 2.69 bits per heavy atom. The number of ether oxygens (including phenoxy) is 1. The van der Waals surface area contributed by atoms with Gasteiger partial charge >= 0.3 is 6.18 Å². The van der Waals surface area contributed by atoms with Crippen LogP contribution in [-0.2, 0) is 6.18 Å². The first kappa shape index (κ1) is 26.8. The number of nitrogens with zero attached hydrogens (tertiary/aromatic N) is 4. The van der Waals surface area contributed by atoms with Crippen LogP contribution in [0.3, 0.4) is 0 Å². The van der Waals surface area contributed by atoms with Crippen LogP contribution in [0.1, 0.15) is 29.4 Å². The highest BCUT2D eigenvalue weighted by molar-refractivity contribution is 6.14. The summed E-state index contributed by atoms with van der Waals surface area (Å²) in [5, 5.41) is 13.6.